The van der Waals surface area contributed by atoms with Crippen molar-refractivity contribution in [3.05, 3.63) is 117 Å². The van der Waals surface area contributed by atoms with Gasteiger partial charge < -0.3 is 60.6 Å². The minimum absolute atomic E-state index is 0. The Hall–Kier alpha value is -2.84. The minimum Gasteiger partial charge on any atom is -0.487 e. The molecule has 8 N–H and O–H groups in total. The molecule has 4 aromatic rings. The average molecular weight is 1020 g/mol. The molecule has 12 nitrogen and oxygen atoms in total. The third kappa shape index (κ3) is 19.1. The molecule has 0 aliphatic carbocycles. The van der Waals surface area contributed by atoms with Crippen molar-refractivity contribution in [1.29, 1.82) is 0 Å². The molecule has 0 saturated carbocycles. The van der Waals surface area contributed by atoms with E-state index in [0.29, 0.717) is 26.2 Å². The van der Waals surface area contributed by atoms with Crippen LogP contribution in [0.25, 0.3) is 0 Å². The molecule has 4 fully saturated rings. The van der Waals surface area contributed by atoms with Crippen LogP contribution in [0.2, 0.25) is 0 Å². The van der Waals surface area contributed by atoms with Gasteiger partial charge in [-0.15, -0.1) is 0 Å². The van der Waals surface area contributed by atoms with E-state index in [0.717, 1.165) is 97.1 Å². The summed E-state index contributed by atoms with van der Waals surface area (Å²) in [5.41, 5.74) is 9.53. The van der Waals surface area contributed by atoms with Gasteiger partial charge in [0.2, 0.25) is 0 Å². The van der Waals surface area contributed by atoms with E-state index in [1.54, 1.807) is 0 Å². The molecule has 4 heterocycles. The van der Waals surface area contributed by atoms with Crippen LogP contribution in [-0.2, 0) is 0 Å². The monoisotopic (exact) mass is 1020 g/mol. The predicted octanol–water partition coefficient (Wildman–Crippen LogP) is 6.07. The van der Waals surface area contributed by atoms with E-state index < -0.39 is 24.4 Å². The van der Waals surface area contributed by atoms with Gasteiger partial charge in [0.25, 0.3) is 0 Å². The molecule has 384 valence electrons. The fourth-order valence-corrected chi connectivity index (χ4v) is 7.88. The maximum absolute atomic E-state index is 9.80. The normalized spacial score (nSPS) is 23.9. The zero-order valence-electron chi connectivity index (χ0n) is 41.5. The highest BCUT2D eigenvalue weighted by atomic mass is 32.1. The highest BCUT2D eigenvalue weighted by molar-refractivity contribution is 7.59. The first-order valence-corrected chi connectivity index (χ1v) is 23.2. The van der Waals surface area contributed by atoms with E-state index in [9.17, 15) is 20.4 Å². The van der Waals surface area contributed by atoms with Crippen LogP contribution in [0.4, 0.5) is 0 Å². The number of hydrogen-bond donors (Lipinski definition) is 8. The van der Waals surface area contributed by atoms with E-state index in [1.165, 1.54) is 22.3 Å². The van der Waals surface area contributed by atoms with Gasteiger partial charge in [-0.05, 0) is 176 Å². The van der Waals surface area contributed by atoms with Gasteiger partial charge in [0, 0.05) is 26.2 Å². The van der Waals surface area contributed by atoms with Crippen molar-refractivity contribution in [3.63, 3.8) is 0 Å². The van der Waals surface area contributed by atoms with Crippen LogP contribution in [0.5, 0.6) is 23.0 Å². The van der Waals surface area contributed by atoms with Gasteiger partial charge in [0.15, 0.2) is 0 Å². The second kappa shape index (κ2) is 32.2. The zero-order valence-corrected chi connectivity index (χ0v) is 45.5. The molecule has 8 atom stereocenters. The Morgan fingerprint density at radius 1 is 0.338 bits per heavy atom. The highest BCUT2D eigenvalue weighted by Gasteiger charge is 2.28. The Kier molecular flexibility index (Phi) is 29.9. The standard InChI is InChI=1S/4C13H19NO2.4H2S/c4*1-9-4-3-5-12(10(9)2)16-13-6-7-14-8-11(13)15;;;;/h4*3-5,11,13-15H,6-8H2,1-2H3;4*1H2/t2*11-,13+;2*11-,13-;;;;/m1010..../s1. The van der Waals surface area contributed by atoms with Gasteiger partial charge >= 0.3 is 0 Å². The van der Waals surface area contributed by atoms with Crippen LogP contribution in [0, 0.1) is 55.4 Å². The van der Waals surface area contributed by atoms with Gasteiger partial charge in [-0.3, -0.25) is 0 Å². The molecular weight excluding hydrogens is 937 g/mol. The molecule has 16 heteroatoms. The lowest BCUT2D eigenvalue weighted by atomic mass is 10.1. The maximum Gasteiger partial charge on any atom is 0.127 e. The van der Waals surface area contributed by atoms with Crippen molar-refractivity contribution in [3.8, 4) is 23.0 Å². The topological polar surface area (TPSA) is 166 Å². The molecule has 0 unspecified atom stereocenters. The van der Waals surface area contributed by atoms with Crippen LogP contribution >= 0.6 is 54.0 Å². The van der Waals surface area contributed by atoms with Gasteiger partial charge in [-0.2, -0.15) is 54.0 Å². The van der Waals surface area contributed by atoms with E-state index in [4.69, 9.17) is 18.9 Å². The molecule has 0 amide bonds. The number of β-amino-alcohol motifs (C(OH)–C–C–N with tert-alkyl or cyclic N) is 4. The van der Waals surface area contributed by atoms with Crippen molar-refractivity contribution in [2.45, 2.75) is 130 Å². The number of aliphatic hydroxyl groups is 4. The third-order valence-corrected chi connectivity index (χ3v) is 12.9. The number of benzene rings is 4. The number of hydrogen-bond acceptors (Lipinski definition) is 12. The lowest BCUT2D eigenvalue weighted by Gasteiger charge is -2.29. The van der Waals surface area contributed by atoms with Gasteiger partial charge in [0.1, 0.15) is 71.8 Å². The summed E-state index contributed by atoms with van der Waals surface area (Å²) >= 11 is 0. The number of piperidine rings is 4. The predicted molar refractivity (Wildman–Crippen MR) is 297 cm³/mol. The first-order valence-electron chi connectivity index (χ1n) is 23.2. The Balaban J connectivity index is 0.000000445. The molecule has 0 spiro atoms. The number of nitrogens with one attached hydrogen (secondary N) is 4. The van der Waals surface area contributed by atoms with Crippen LogP contribution < -0.4 is 40.2 Å². The highest BCUT2D eigenvalue weighted by Crippen LogP contribution is 2.27. The van der Waals surface area contributed by atoms with Crippen LogP contribution in [0.3, 0.4) is 0 Å². The van der Waals surface area contributed by atoms with Gasteiger partial charge in [-0.1, -0.05) is 48.5 Å². The minimum atomic E-state index is -0.409. The summed E-state index contributed by atoms with van der Waals surface area (Å²) in [7, 11) is 0. The summed E-state index contributed by atoms with van der Waals surface area (Å²) in [6.07, 6.45) is 1.46. The average Bonchev–Trinajstić information content (AvgIpc) is 3.28. The molecule has 0 radical (unpaired) electrons. The molecule has 0 aromatic heterocycles. The quantitative estimate of drug-likeness (QED) is 0.103. The van der Waals surface area contributed by atoms with Crippen molar-refractivity contribution in [1.82, 2.24) is 21.3 Å². The number of aliphatic hydroxyl groups excluding tert-OH is 4. The van der Waals surface area contributed by atoms with E-state index in [-0.39, 0.29) is 78.4 Å². The van der Waals surface area contributed by atoms with E-state index in [1.807, 2.05) is 48.5 Å². The van der Waals surface area contributed by atoms with Crippen molar-refractivity contribution in [2.24, 2.45) is 0 Å². The summed E-state index contributed by atoms with van der Waals surface area (Å²) in [6.45, 7) is 22.6. The maximum atomic E-state index is 9.80. The lowest BCUT2D eigenvalue weighted by molar-refractivity contribution is 0.0159. The zero-order chi connectivity index (χ0) is 46.2. The first-order chi connectivity index (χ1) is 30.7. The Bertz CT molecular complexity index is 1770. The van der Waals surface area contributed by atoms with Crippen LogP contribution in [0.1, 0.15) is 70.2 Å². The Labute approximate surface area is 434 Å². The third-order valence-electron chi connectivity index (χ3n) is 12.9. The summed E-state index contributed by atoms with van der Waals surface area (Å²) in [5, 5.41) is 51.8. The SMILES string of the molecule is Cc1cccc(O[C@@H]2CCNC[C@@H]2O)c1C.Cc1cccc(O[C@@H]2CCNC[C@H]2O)c1C.Cc1cccc(O[C@H]2CCNC[C@@H]2O)c1C.Cc1cccc(O[C@H]2CCNC[C@H]2O)c1C.S.S.S.S. The van der Waals surface area contributed by atoms with Gasteiger partial charge in [-0.25, -0.2) is 0 Å². The number of ether oxygens (including phenoxy) is 4. The van der Waals surface area contributed by atoms with Crippen molar-refractivity contribution < 1.29 is 39.4 Å². The van der Waals surface area contributed by atoms with Gasteiger partial charge in [0.05, 0.1) is 0 Å². The fourth-order valence-electron chi connectivity index (χ4n) is 7.88. The number of aryl methyl sites for hydroxylation is 4. The van der Waals surface area contributed by atoms with Crippen molar-refractivity contribution in [2.75, 3.05) is 52.4 Å². The summed E-state index contributed by atoms with van der Waals surface area (Å²) in [5.74, 6) is 3.58. The lowest BCUT2D eigenvalue weighted by Crippen LogP contribution is -2.46. The van der Waals surface area contributed by atoms with Crippen LogP contribution in [0.15, 0.2) is 72.8 Å². The molecule has 0 bridgehead atoms. The summed E-state index contributed by atoms with van der Waals surface area (Å²) < 4.78 is 23.6. The molecule has 4 aliphatic rings. The molecule has 68 heavy (non-hydrogen) atoms. The first kappa shape index (κ1) is 63.2. The number of rotatable bonds is 8. The summed E-state index contributed by atoms with van der Waals surface area (Å²) in [6, 6.07) is 24.1. The Morgan fingerprint density at radius 2 is 0.529 bits per heavy atom. The smallest absolute Gasteiger partial charge is 0.127 e. The summed E-state index contributed by atoms with van der Waals surface area (Å²) in [4.78, 5) is 0. The molecule has 4 aliphatic heterocycles. The molecule has 4 aromatic carbocycles. The van der Waals surface area contributed by atoms with Crippen molar-refractivity contribution >= 4 is 54.0 Å². The fraction of sp³-hybridized carbons (Fsp3) is 0.538. The Morgan fingerprint density at radius 3 is 0.706 bits per heavy atom. The molecule has 4 saturated heterocycles. The molecule has 8 rings (SSSR count). The second-order valence-electron chi connectivity index (χ2n) is 17.7. The molecular formula is C52H84N4O8S4. The second-order valence-corrected chi connectivity index (χ2v) is 17.7. The van der Waals surface area contributed by atoms with Crippen LogP contribution in [-0.4, -0.2) is 122 Å². The largest absolute Gasteiger partial charge is 0.487 e. The van der Waals surface area contributed by atoms with E-state index >= 15 is 0 Å². The van der Waals surface area contributed by atoms with E-state index in [2.05, 4.69) is 101 Å².